The van der Waals surface area contributed by atoms with Crippen LogP contribution in [0.4, 0.5) is 0 Å². The molecule has 0 radical (unpaired) electrons. The Kier molecular flexibility index (Phi) is 6.66. The van der Waals surface area contributed by atoms with Crippen LogP contribution in [0.3, 0.4) is 0 Å². The van der Waals surface area contributed by atoms with Crippen molar-refractivity contribution in [2.24, 2.45) is 5.92 Å². The zero-order chi connectivity index (χ0) is 24.2. The topological polar surface area (TPSA) is 80.6 Å². The number of nitrogens with one attached hydrogen (secondary N) is 1. The Hall–Kier alpha value is -3.87. The molecule has 2 aliphatic heterocycles. The molecule has 2 amide bonds. The number of fused-ring (bicyclic) bond motifs is 4. The maximum Gasteiger partial charge on any atom is 0.258 e. The van der Waals surface area contributed by atoms with E-state index in [0.717, 1.165) is 17.7 Å². The molecule has 2 aliphatic rings. The van der Waals surface area contributed by atoms with Gasteiger partial charge in [-0.15, -0.1) is 0 Å². The first-order valence-corrected chi connectivity index (χ1v) is 12.1. The van der Waals surface area contributed by atoms with Crippen LogP contribution in [0, 0.1) is 5.92 Å². The highest BCUT2D eigenvalue weighted by molar-refractivity contribution is 5.88. The summed E-state index contributed by atoms with van der Waals surface area (Å²) in [5, 5.41) is 2.92. The lowest BCUT2D eigenvalue weighted by Gasteiger charge is -2.43. The predicted molar refractivity (Wildman–Crippen MR) is 132 cm³/mol. The quantitative estimate of drug-likeness (QED) is 0.575. The first kappa shape index (κ1) is 22.9. The van der Waals surface area contributed by atoms with E-state index in [1.807, 2.05) is 64.1 Å². The first-order chi connectivity index (χ1) is 17.1. The first-order valence-electron chi connectivity index (χ1n) is 12.1. The maximum atomic E-state index is 13.7. The molecule has 5 rings (SSSR count). The third kappa shape index (κ3) is 5.29. The maximum absolute atomic E-state index is 13.7. The molecule has 1 N–H and O–H groups in total. The molecule has 2 bridgehead atoms. The second-order valence-electron chi connectivity index (χ2n) is 9.35. The average molecular weight is 472 g/mol. The van der Waals surface area contributed by atoms with Gasteiger partial charge < -0.3 is 19.5 Å². The molecule has 0 saturated carbocycles. The fourth-order valence-corrected chi connectivity index (χ4v) is 5.25. The van der Waals surface area contributed by atoms with E-state index >= 15 is 0 Å². The van der Waals surface area contributed by atoms with Gasteiger partial charge in [-0.05, 0) is 36.1 Å². The van der Waals surface area contributed by atoms with Crippen molar-refractivity contribution in [3.05, 3.63) is 100 Å². The summed E-state index contributed by atoms with van der Waals surface area (Å²) in [6, 6.07) is 23.5. The van der Waals surface area contributed by atoms with Crippen LogP contribution in [0.1, 0.15) is 23.6 Å². The summed E-state index contributed by atoms with van der Waals surface area (Å²) < 4.78 is 7.44. The molecule has 1 fully saturated rings. The van der Waals surface area contributed by atoms with Gasteiger partial charge in [0.2, 0.25) is 5.91 Å². The van der Waals surface area contributed by atoms with Gasteiger partial charge in [0.15, 0.2) is 6.61 Å². The number of aromatic nitrogens is 1. The van der Waals surface area contributed by atoms with Gasteiger partial charge in [0.1, 0.15) is 11.8 Å². The van der Waals surface area contributed by atoms with Crippen molar-refractivity contribution >= 4 is 11.8 Å². The van der Waals surface area contributed by atoms with E-state index in [4.69, 9.17) is 4.74 Å². The lowest BCUT2D eigenvalue weighted by atomic mass is 9.83. The Morgan fingerprint density at radius 3 is 2.43 bits per heavy atom. The normalized spacial score (nSPS) is 19.4. The molecule has 3 atom stereocenters. The number of carbonyl (C=O) groups is 2. The van der Waals surface area contributed by atoms with Crippen LogP contribution in [-0.4, -0.2) is 47.0 Å². The van der Waals surface area contributed by atoms with Gasteiger partial charge in [0.25, 0.3) is 11.5 Å². The van der Waals surface area contributed by atoms with E-state index < -0.39 is 6.04 Å². The number of piperidine rings is 1. The van der Waals surface area contributed by atoms with Crippen LogP contribution in [0.15, 0.2) is 83.7 Å². The molecule has 7 nitrogen and oxygen atoms in total. The Bertz CT molecular complexity index is 1240. The van der Waals surface area contributed by atoms with Crippen LogP contribution in [-0.2, 0) is 22.6 Å². The molecule has 0 aliphatic carbocycles. The standard InChI is InChI=1S/C28H29N3O4/c32-26(19-35-23-10-5-2-6-11-23)29-24(15-20-8-3-1-4-9-20)28(34)30-16-21-14-22(18-30)25-12-7-13-27(33)31(25)17-21/h1-13,21-22,24H,14-19H2,(H,29,32)/t21-,22-,24-/m0/s1. The summed E-state index contributed by atoms with van der Waals surface area (Å²) in [6.07, 6.45) is 1.37. The zero-order valence-electron chi connectivity index (χ0n) is 19.5. The number of carbonyl (C=O) groups excluding carboxylic acids is 2. The molecule has 1 aromatic heterocycles. The molecule has 180 valence electrons. The molecule has 35 heavy (non-hydrogen) atoms. The highest BCUT2D eigenvalue weighted by atomic mass is 16.5. The fraction of sp³-hybridized carbons (Fsp3) is 0.321. The smallest absolute Gasteiger partial charge is 0.258 e. The largest absolute Gasteiger partial charge is 0.484 e. The molecular formula is C28H29N3O4. The minimum atomic E-state index is -0.693. The number of nitrogens with zero attached hydrogens (tertiary/aromatic N) is 2. The van der Waals surface area contributed by atoms with Crippen molar-refractivity contribution in [2.75, 3.05) is 19.7 Å². The van der Waals surface area contributed by atoms with Crippen molar-refractivity contribution in [1.82, 2.24) is 14.8 Å². The zero-order valence-corrected chi connectivity index (χ0v) is 19.5. The van der Waals surface area contributed by atoms with Crippen molar-refractivity contribution in [3.8, 4) is 5.75 Å². The minimum Gasteiger partial charge on any atom is -0.484 e. The number of para-hydroxylation sites is 1. The number of hydrogen-bond donors (Lipinski definition) is 1. The molecule has 7 heteroatoms. The molecule has 1 saturated heterocycles. The molecule has 0 spiro atoms. The van der Waals surface area contributed by atoms with Crippen LogP contribution >= 0.6 is 0 Å². The number of amides is 2. The lowest BCUT2D eigenvalue weighted by Crippen LogP contribution is -2.56. The molecule has 3 heterocycles. The number of hydrogen-bond acceptors (Lipinski definition) is 4. The Morgan fingerprint density at radius 1 is 0.914 bits per heavy atom. The van der Waals surface area contributed by atoms with Crippen LogP contribution in [0.25, 0.3) is 0 Å². The van der Waals surface area contributed by atoms with E-state index in [1.54, 1.807) is 24.3 Å². The van der Waals surface area contributed by atoms with E-state index in [2.05, 4.69) is 5.32 Å². The summed E-state index contributed by atoms with van der Waals surface area (Å²) in [4.78, 5) is 40.7. The van der Waals surface area contributed by atoms with E-state index in [-0.39, 0.29) is 35.8 Å². The molecule has 0 unspecified atom stereocenters. The highest BCUT2D eigenvalue weighted by Gasteiger charge is 2.38. The third-order valence-electron chi connectivity index (χ3n) is 6.82. The monoisotopic (exact) mass is 471 g/mol. The van der Waals surface area contributed by atoms with Crippen LogP contribution in [0.2, 0.25) is 0 Å². The van der Waals surface area contributed by atoms with Gasteiger partial charge in [-0.25, -0.2) is 0 Å². The Labute approximate surface area is 204 Å². The second-order valence-corrected chi connectivity index (χ2v) is 9.35. The number of pyridine rings is 1. The summed E-state index contributed by atoms with van der Waals surface area (Å²) in [5.74, 6) is 0.515. The van der Waals surface area contributed by atoms with Gasteiger partial charge >= 0.3 is 0 Å². The summed E-state index contributed by atoms with van der Waals surface area (Å²) in [7, 11) is 0. The summed E-state index contributed by atoms with van der Waals surface area (Å²) in [5.41, 5.74) is 1.99. The van der Waals surface area contributed by atoms with Crippen molar-refractivity contribution in [3.63, 3.8) is 0 Å². The predicted octanol–water partition coefficient (Wildman–Crippen LogP) is 2.60. The number of benzene rings is 2. The second kappa shape index (κ2) is 10.2. The van der Waals surface area contributed by atoms with E-state index in [9.17, 15) is 14.4 Å². The Balaban J connectivity index is 1.31. The van der Waals surface area contributed by atoms with Gasteiger partial charge in [-0.3, -0.25) is 14.4 Å². The number of likely N-dealkylation sites (tertiary alicyclic amines) is 1. The van der Waals surface area contributed by atoms with Crippen LogP contribution < -0.4 is 15.6 Å². The fourth-order valence-electron chi connectivity index (χ4n) is 5.25. The number of rotatable bonds is 7. The van der Waals surface area contributed by atoms with Crippen molar-refractivity contribution in [1.29, 1.82) is 0 Å². The van der Waals surface area contributed by atoms with E-state index in [1.165, 1.54) is 0 Å². The summed E-state index contributed by atoms with van der Waals surface area (Å²) >= 11 is 0. The van der Waals surface area contributed by atoms with E-state index in [0.29, 0.717) is 31.8 Å². The molecule has 2 aromatic carbocycles. The van der Waals surface area contributed by atoms with Crippen LogP contribution in [0.5, 0.6) is 5.75 Å². The van der Waals surface area contributed by atoms with Crippen molar-refractivity contribution < 1.29 is 14.3 Å². The lowest BCUT2D eigenvalue weighted by molar-refractivity contribution is -0.139. The third-order valence-corrected chi connectivity index (χ3v) is 6.82. The van der Waals surface area contributed by atoms with Gasteiger partial charge in [0, 0.05) is 43.7 Å². The Morgan fingerprint density at radius 2 is 1.66 bits per heavy atom. The highest BCUT2D eigenvalue weighted by Crippen LogP contribution is 2.35. The van der Waals surface area contributed by atoms with Gasteiger partial charge in [-0.1, -0.05) is 54.6 Å². The SMILES string of the molecule is O=C(COc1ccccc1)N[C@@H](Cc1ccccc1)C(=O)N1C[C@@H]2C[C@@H](C1)c1cccc(=O)n1C2. The van der Waals surface area contributed by atoms with Crippen molar-refractivity contribution in [2.45, 2.75) is 31.3 Å². The average Bonchev–Trinajstić information content (AvgIpc) is 2.88. The minimum absolute atomic E-state index is 0.0182. The number of ether oxygens (including phenoxy) is 1. The molecule has 3 aromatic rings. The molecular weight excluding hydrogens is 442 g/mol. The summed E-state index contributed by atoms with van der Waals surface area (Å²) in [6.45, 7) is 1.58. The van der Waals surface area contributed by atoms with Gasteiger partial charge in [0.05, 0.1) is 0 Å². The van der Waals surface area contributed by atoms with Gasteiger partial charge in [-0.2, -0.15) is 0 Å².